The zero-order valence-corrected chi connectivity index (χ0v) is 13.7. The summed E-state index contributed by atoms with van der Waals surface area (Å²) in [7, 11) is 0. The quantitative estimate of drug-likeness (QED) is 0.940. The Kier molecular flexibility index (Phi) is 4.31. The Labute approximate surface area is 141 Å². The van der Waals surface area contributed by atoms with E-state index in [1.807, 2.05) is 12.1 Å². The van der Waals surface area contributed by atoms with E-state index in [2.05, 4.69) is 21.3 Å². The third-order valence-electron chi connectivity index (χ3n) is 4.89. The lowest BCUT2D eigenvalue weighted by molar-refractivity contribution is -0.0984. The molecule has 1 aromatic carbocycles. The number of aromatic nitrogens is 1. The Hall–Kier alpha value is -1.82. The molecular weight excluding hydrogens is 305 g/mol. The van der Waals surface area contributed by atoms with Gasteiger partial charge in [0.2, 0.25) is 0 Å². The van der Waals surface area contributed by atoms with Crippen LogP contribution in [0.2, 0.25) is 0 Å². The second kappa shape index (κ2) is 6.59. The maximum atomic E-state index is 14.1. The molecule has 4 rings (SSSR count). The van der Waals surface area contributed by atoms with Crippen molar-refractivity contribution in [2.24, 2.45) is 0 Å². The summed E-state index contributed by atoms with van der Waals surface area (Å²) in [5.74, 6) is -0.197. The molecule has 2 aromatic rings. The van der Waals surface area contributed by atoms with Gasteiger partial charge in [0.1, 0.15) is 5.82 Å². The van der Waals surface area contributed by atoms with Gasteiger partial charge in [0.05, 0.1) is 12.2 Å². The van der Waals surface area contributed by atoms with Crippen LogP contribution in [0.25, 0.3) is 11.1 Å². The average Bonchev–Trinajstić information content (AvgIpc) is 3.03. The van der Waals surface area contributed by atoms with Crippen molar-refractivity contribution in [1.29, 1.82) is 0 Å². The lowest BCUT2D eigenvalue weighted by Gasteiger charge is -2.40. The summed E-state index contributed by atoms with van der Waals surface area (Å²) in [6, 6.07) is 9.10. The van der Waals surface area contributed by atoms with Gasteiger partial charge in [-0.25, -0.2) is 4.39 Å². The zero-order chi connectivity index (χ0) is 16.4. The smallest absolute Gasteiger partial charge is 0.124 e. The Morgan fingerprint density at radius 1 is 1.29 bits per heavy atom. The van der Waals surface area contributed by atoms with Crippen molar-refractivity contribution in [2.75, 3.05) is 32.8 Å². The standard InChI is InChI=1S/C19H22FN3O/c20-18-9-15(8-17(10-18)16-2-1-4-21-11-16)12-23-6-7-24-19(14-23)3-5-22-13-19/h1-2,4,8-11,22H,3,5-7,12-14H2. The fourth-order valence-corrected chi connectivity index (χ4v) is 3.74. The van der Waals surface area contributed by atoms with Crippen molar-refractivity contribution in [3.05, 3.63) is 54.1 Å². The van der Waals surface area contributed by atoms with E-state index < -0.39 is 0 Å². The van der Waals surface area contributed by atoms with E-state index in [0.717, 1.165) is 62.4 Å². The third kappa shape index (κ3) is 3.34. The fourth-order valence-electron chi connectivity index (χ4n) is 3.74. The van der Waals surface area contributed by atoms with Gasteiger partial charge in [0.25, 0.3) is 0 Å². The molecule has 2 aliphatic heterocycles. The topological polar surface area (TPSA) is 37.4 Å². The van der Waals surface area contributed by atoms with Gasteiger partial charge in [-0.1, -0.05) is 6.07 Å². The molecule has 0 saturated carbocycles. The zero-order valence-electron chi connectivity index (χ0n) is 13.7. The first-order valence-electron chi connectivity index (χ1n) is 8.49. The Morgan fingerprint density at radius 2 is 2.25 bits per heavy atom. The van der Waals surface area contributed by atoms with Crippen LogP contribution in [0.1, 0.15) is 12.0 Å². The number of nitrogens with one attached hydrogen (secondary N) is 1. The molecule has 0 amide bonds. The number of hydrogen-bond acceptors (Lipinski definition) is 4. The average molecular weight is 327 g/mol. The van der Waals surface area contributed by atoms with E-state index in [1.54, 1.807) is 24.5 Å². The predicted octanol–water partition coefficient (Wildman–Crippen LogP) is 2.45. The van der Waals surface area contributed by atoms with E-state index >= 15 is 0 Å². The molecule has 24 heavy (non-hydrogen) atoms. The Bertz CT molecular complexity index is 701. The fraction of sp³-hybridized carbons (Fsp3) is 0.421. The molecule has 1 N–H and O–H groups in total. The molecule has 0 radical (unpaired) electrons. The molecule has 0 aliphatic carbocycles. The molecule has 1 unspecified atom stereocenters. The largest absolute Gasteiger partial charge is 0.371 e. The van der Waals surface area contributed by atoms with Crippen molar-refractivity contribution in [1.82, 2.24) is 15.2 Å². The van der Waals surface area contributed by atoms with Gasteiger partial charge < -0.3 is 10.1 Å². The van der Waals surface area contributed by atoms with E-state index in [1.165, 1.54) is 0 Å². The van der Waals surface area contributed by atoms with Crippen molar-refractivity contribution in [3.63, 3.8) is 0 Å². The summed E-state index contributed by atoms with van der Waals surface area (Å²) < 4.78 is 20.1. The minimum atomic E-state index is -0.197. The van der Waals surface area contributed by atoms with Gasteiger partial charge in [-0.05, 0) is 48.4 Å². The minimum Gasteiger partial charge on any atom is -0.371 e. The highest BCUT2D eigenvalue weighted by Gasteiger charge is 2.39. The molecule has 1 aromatic heterocycles. The van der Waals surface area contributed by atoms with Crippen LogP contribution in [-0.2, 0) is 11.3 Å². The number of ether oxygens (including phenoxy) is 1. The first-order chi connectivity index (χ1) is 11.7. The van der Waals surface area contributed by atoms with Crippen molar-refractivity contribution in [2.45, 2.75) is 18.6 Å². The maximum Gasteiger partial charge on any atom is 0.124 e. The van der Waals surface area contributed by atoms with Crippen LogP contribution in [0.15, 0.2) is 42.7 Å². The monoisotopic (exact) mass is 327 g/mol. The Balaban J connectivity index is 1.53. The molecule has 126 valence electrons. The highest BCUT2D eigenvalue weighted by Crippen LogP contribution is 2.27. The van der Waals surface area contributed by atoms with E-state index in [9.17, 15) is 4.39 Å². The number of morpholine rings is 1. The van der Waals surface area contributed by atoms with Gasteiger partial charge in [0, 0.05) is 44.1 Å². The summed E-state index contributed by atoms with van der Waals surface area (Å²) >= 11 is 0. The lowest BCUT2D eigenvalue weighted by atomic mass is 9.99. The summed E-state index contributed by atoms with van der Waals surface area (Å²) in [5, 5.41) is 3.39. The number of rotatable bonds is 3. The summed E-state index contributed by atoms with van der Waals surface area (Å²) in [6.07, 6.45) is 4.55. The lowest BCUT2D eigenvalue weighted by Crippen LogP contribution is -2.52. The predicted molar refractivity (Wildman–Crippen MR) is 91.1 cm³/mol. The summed E-state index contributed by atoms with van der Waals surface area (Å²) in [6.45, 7) is 5.20. The molecular formula is C19H22FN3O. The molecule has 0 bridgehead atoms. The molecule has 2 saturated heterocycles. The third-order valence-corrected chi connectivity index (χ3v) is 4.89. The van der Waals surface area contributed by atoms with Crippen LogP contribution < -0.4 is 5.32 Å². The molecule has 5 heteroatoms. The van der Waals surface area contributed by atoms with Crippen LogP contribution >= 0.6 is 0 Å². The highest BCUT2D eigenvalue weighted by molar-refractivity contribution is 5.63. The van der Waals surface area contributed by atoms with E-state index in [0.29, 0.717) is 0 Å². The Morgan fingerprint density at radius 3 is 3.04 bits per heavy atom. The van der Waals surface area contributed by atoms with E-state index in [4.69, 9.17) is 4.74 Å². The number of pyridine rings is 1. The van der Waals surface area contributed by atoms with E-state index in [-0.39, 0.29) is 11.4 Å². The first-order valence-corrected chi connectivity index (χ1v) is 8.49. The highest BCUT2D eigenvalue weighted by atomic mass is 19.1. The number of nitrogens with zero attached hydrogens (tertiary/aromatic N) is 2. The number of benzene rings is 1. The summed E-state index contributed by atoms with van der Waals surface area (Å²) in [4.78, 5) is 6.50. The van der Waals surface area contributed by atoms with Gasteiger partial charge in [-0.2, -0.15) is 0 Å². The number of hydrogen-bond donors (Lipinski definition) is 1. The molecule has 4 nitrogen and oxygen atoms in total. The van der Waals surface area contributed by atoms with Crippen LogP contribution in [0.5, 0.6) is 0 Å². The normalized spacial score (nSPS) is 24.5. The molecule has 2 fully saturated rings. The minimum absolute atomic E-state index is 0.0578. The molecule has 2 aliphatic rings. The molecule has 1 spiro atoms. The van der Waals surface area contributed by atoms with Gasteiger partial charge in [-0.15, -0.1) is 0 Å². The molecule has 3 heterocycles. The van der Waals surface area contributed by atoms with Crippen molar-refractivity contribution < 1.29 is 9.13 Å². The first kappa shape index (κ1) is 15.7. The van der Waals surface area contributed by atoms with Crippen LogP contribution in [0.4, 0.5) is 4.39 Å². The van der Waals surface area contributed by atoms with Crippen LogP contribution in [0, 0.1) is 5.82 Å². The second-order valence-electron chi connectivity index (χ2n) is 6.76. The van der Waals surface area contributed by atoms with Crippen LogP contribution in [-0.4, -0.2) is 48.3 Å². The summed E-state index contributed by atoms with van der Waals surface area (Å²) in [5.41, 5.74) is 2.76. The van der Waals surface area contributed by atoms with Gasteiger partial charge in [-0.3, -0.25) is 9.88 Å². The van der Waals surface area contributed by atoms with Crippen molar-refractivity contribution in [3.8, 4) is 11.1 Å². The van der Waals surface area contributed by atoms with Gasteiger partial charge >= 0.3 is 0 Å². The second-order valence-corrected chi connectivity index (χ2v) is 6.76. The SMILES string of the molecule is Fc1cc(CN2CCOC3(CCNC3)C2)cc(-c2cccnc2)c1. The number of halogens is 1. The van der Waals surface area contributed by atoms with Crippen molar-refractivity contribution >= 4 is 0 Å². The maximum absolute atomic E-state index is 14.1. The molecule has 1 atom stereocenters. The van der Waals surface area contributed by atoms with Crippen LogP contribution in [0.3, 0.4) is 0 Å². The van der Waals surface area contributed by atoms with Gasteiger partial charge in [0.15, 0.2) is 0 Å².